The summed E-state index contributed by atoms with van der Waals surface area (Å²) in [5.74, 6) is -0.608. The van der Waals surface area contributed by atoms with Gasteiger partial charge in [-0.15, -0.1) is 0 Å². The first-order valence-electron chi connectivity index (χ1n) is 7.88. The molecule has 0 saturated carbocycles. The van der Waals surface area contributed by atoms with Gasteiger partial charge in [0.05, 0.1) is 6.61 Å². The lowest BCUT2D eigenvalue weighted by atomic mass is 9.88. The second kappa shape index (κ2) is 5.18. The van der Waals surface area contributed by atoms with Gasteiger partial charge in [0.1, 0.15) is 6.04 Å². The van der Waals surface area contributed by atoms with Crippen LogP contribution in [0.15, 0.2) is 6.07 Å². The van der Waals surface area contributed by atoms with Crippen molar-refractivity contribution in [3.8, 4) is 0 Å². The highest BCUT2D eigenvalue weighted by Gasteiger charge is 2.41. The van der Waals surface area contributed by atoms with Crippen molar-refractivity contribution < 1.29 is 19.1 Å². The molecule has 1 aromatic carbocycles. The van der Waals surface area contributed by atoms with Gasteiger partial charge in [0.15, 0.2) is 5.78 Å². The van der Waals surface area contributed by atoms with Crippen LogP contribution in [-0.2, 0) is 16.0 Å². The molecule has 3 rings (SSSR count). The van der Waals surface area contributed by atoms with Crippen molar-refractivity contribution in [3.63, 3.8) is 0 Å². The number of ether oxygens (including phenoxy) is 1. The Balaban J connectivity index is 2.02. The number of nitrogens with one attached hydrogen (secondary N) is 1. The van der Waals surface area contributed by atoms with Crippen LogP contribution in [0.2, 0.25) is 0 Å². The second-order valence-corrected chi connectivity index (χ2v) is 7.11. The molecule has 1 fully saturated rings. The maximum Gasteiger partial charge on any atom is 0.328 e. The Morgan fingerprint density at radius 1 is 1.26 bits per heavy atom. The minimum absolute atomic E-state index is 0.0827. The average Bonchev–Trinajstić information content (AvgIpc) is 2.92. The number of hydrogen-bond acceptors (Lipinski definition) is 4. The normalized spacial score (nSPS) is 22.0. The molecule has 122 valence electrons. The van der Waals surface area contributed by atoms with Gasteiger partial charge in [-0.2, -0.15) is 0 Å². The van der Waals surface area contributed by atoms with E-state index in [9.17, 15) is 14.4 Å². The molecule has 0 aromatic heterocycles. The molecule has 1 aliphatic heterocycles. The van der Waals surface area contributed by atoms with E-state index in [1.165, 1.54) is 0 Å². The maximum absolute atomic E-state index is 12.7. The highest BCUT2D eigenvalue weighted by atomic mass is 16.5. The molecule has 1 heterocycles. The fourth-order valence-electron chi connectivity index (χ4n) is 3.60. The fraction of sp³-hybridized carbons (Fsp3) is 0.500. The third kappa shape index (κ3) is 2.44. The Hall–Kier alpha value is -2.17. The van der Waals surface area contributed by atoms with Gasteiger partial charge in [-0.3, -0.25) is 9.59 Å². The molecule has 0 radical (unpaired) electrons. The number of aryl methyl sites for hydroxylation is 2. The summed E-state index contributed by atoms with van der Waals surface area (Å²) in [6, 6.07) is 1.28. The van der Waals surface area contributed by atoms with E-state index in [0.717, 1.165) is 16.7 Å². The smallest absolute Gasteiger partial charge is 0.328 e. The molecule has 1 amide bonds. The summed E-state index contributed by atoms with van der Waals surface area (Å²) >= 11 is 0. The van der Waals surface area contributed by atoms with Gasteiger partial charge in [-0.25, -0.2) is 4.79 Å². The topological polar surface area (TPSA) is 72.5 Å². The van der Waals surface area contributed by atoms with E-state index in [-0.39, 0.29) is 11.7 Å². The number of Topliss-reactive ketones (excluding diaryl/α,β-unsaturated/α-hetero) is 1. The lowest BCUT2D eigenvalue weighted by molar-refractivity contribution is -0.139. The van der Waals surface area contributed by atoms with E-state index in [1.807, 2.05) is 33.8 Å². The lowest BCUT2D eigenvalue weighted by Crippen LogP contribution is -2.38. The third-order valence-corrected chi connectivity index (χ3v) is 4.75. The van der Waals surface area contributed by atoms with Gasteiger partial charge in [-0.05, 0) is 37.0 Å². The number of amides is 1. The minimum atomic E-state index is -0.594. The van der Waals surface area contributed by atoms with Crippen LogP contribution in [0, 0.1) is 19.3 Å². The molecule has 5 nitrogen and oxygen atoms in total. The number of rotatable bonds is 2. The molecule has 0 spiro atoms. The van der Waals surface area contributed by atoms with E-state index in [0.29, 0.717) is 30.6 Å². The summed E-state index contributed by atoms with van der Waals surface area (Å²) in [6.45, 7) is 7.91. The SMILES string of the molecule is Cc1cc(C)c2c(c1C(=O)NC1CCOC1=O)CC(C)(C)C2=O. The Kier molecular flexibility index (Phi) is 3.54. The Morgan fingerprint density at radius 3 is 2.57 bits per heavy atom. The molecule has 1 N–H and O–H groups in total. The quantitative estimate of drug-likeness (QED) is 0.849. The standard InChI is InChI=1S/C18H21NO4/c1-9-7-10(2)14(11-8-18(3,4)15(20)13(9)11)16(21)19-12-5-6-23-17(12)22/h7,12H,5-6,8H2,1-4H3,(H,19,21). The van der Waals surface area contributed by atoms with Gasteiger partial charge in [0.2, 0.25) is 0 Å². The lowest BCUT2D eigenvalue weighted by Gasteiger charge is -2.16. The van der Waals surface area contributed by atoms with Crippen molar-refractivity contribution in [1.82, 2.24) is 5.32 Å². The van der Waals surface area contributed by atoms with Gasteiger partial charge in [0, 0.05) is 23.0 Å². The zero-order valence-corrected chi connectivity index (χ0v) is 13.9. The predicted octanol–water partition coefficient (Wildman–Crippen LogP) is 2.11. The van der Waals surface area contributed by atoms with E-state index in [4.69, 9.17) is 4.74 Å². The van der Waals surface area contributed by atoms with Crippen LogP contribution in [0.3, 0.4) is 0 Å². The summed E-state index contributed by atoms with van der Waals surface area (Å²) < 4.78 is 4.89. The number of carbonyl (C=O) groups is 3. The highest BCUT2D eigenvalue weighted by Crippen LogP contribution is 2.40. The summed E-state index contributed by atoms with van der Waals surface area (Å²) in [5.41, 5.74) is 3.24. The molecule has 5 heteroatoms. The van der Waals surface area contributed by atoms with E-state index < -0.39 is 17.4 Å². The largest absolute Gasteiger partial charge is 0.464 e. The van der Waals surface area contributed by atoms with Gasteiger partial charge in [-0.1, -0.05) is 19.9 Å². The Labute approximate surface area is 135 Å². The van der Waals surface area contributed by atoms with Crippen molar-refractivity contribution in [2.45, 2.75) is 46.6 Å². The number of cyclic esters (lactones) is 1. The fourth-order valence-corrected chi connectivity index (χ4v) is 3.60. The molecule has 1 saturated heterocycles. The van der Waals surface area contributed by atoms with Crippen LogP contribution in [0.25, 0.3) is 0 Å². The average molecular weight is 315 g/mol. The van der Waals surface area contributed by atoms with Crippen molar-refractivity contribution in [2.24, 2.45) is 5.41 Å². The predicted molar refractivity (Wildman–Crippen MR) is 84.6 cm³/mol. The number of benzene rings is 1. The molecule has 1 aromatic rings. The Bertz CT molecular complexity index is 733. The van der Waals surface area contributed by atoms with Crippen LogP contribution in [0.1, 0.15) is 57.7 Å². The third-order valence-electron chi connectivity index (χ3n) is 4.75. The number of esters is 1. The number of ketones is 1. The number of fused-ring (bicyclic) bond motifs is 1. The highest BCUT2D eigenvalue weighted by molar-refractivity contribution is 6.10. The monoisotopic (exact) mass is 315 g/mol. The van der Waals surface area contributed by atoms with Crippen LogP contribution in [-0.4, -0.2) is 30.3 Å². The zero-order chi connectivity index (χ0) is 16.9. The summed E-state index contributed by atoms with van der Waals surface area (Å²) in [7, 11) is 0. The van der Waals surface area contributed by atoms with Crippen molar-refractivity contribution >= 4 is 17.7 Å². The number of carbonyl (C=O) groups excluding carboxylic acids is 3. The molecular formula is C18H21NO4. The summed E-state index contributed by atoms with van der Waals surface area (Å²) in [6.07, 6.45) is 1.03. The van der Waals surface area contributed by atoms with E-state index in [2.05, 4.69) is 5.32 Å². The first kappa shape index (κ1) is 15.7. The molecule has 1 aliphatic carbocycles. The van der Waals surface area contributed by atoms with E-state index in [1.54, 1.807) is 0 Å². The van der Waals surface area contributed by atoms with Crippen LogP contribution < -0.4 is 5.32 Å². The van der Waals surface area contributed by atoms with Crippen LogP contribution in [0.5, 0.6) is 0 Å². The van der Waals surface area contributed by atoms with E-state index >= 15 is 0 Å². The molecule has 1 atom stereocenters. The maximum atomic E-state index is 12.7. The molecule has 2 aliphatic rings. The van der Waals surface area contributed by atoms with Crippen molar-refractivity contribution in [1.29, 1.82) is 0 Å². The molecule has 23 heavy (non-hydrogen) atoms. The van der Waals surface area contributed by atoms with Crippen molar-refractivity contribution in [3.05, 3.63) is 33.9 Å². The second-order valence-electron chi connectivity index (χ2n) is 7.11. The minimum Gasteiger partial charge on any atom is -0.464 e. The summed E-state index contributed by atoms with van der Waals surface area (Å²) in [4.78, 5) is 36.9. The first-order chi connectivity index (χ1) is 10.7. The van der Waals surface area contributed by atoms with Gasteiger partial charge in [0.25, 0.3) is 5.91 Å². The van der Waals surface area contributed by atoms with Crippen LogP contribution >= 0.6 is 0 Å². The molecule has 0 bridgehead atoms. The Morgan fingerprint density at radius 2 is 1.96 bits per heavy atom. The van der Waals surface area contributed by atoms with Crippen LogP contribution in [0.4, 0.5) is 0 Å². The van der Waals surface area contributed by atoms with Gasteiger partial charge < -0.3 is 10.1 Å². The first-order valence-corrected chi connectivity index (χ1v) is 7.88. The van der Waals surface area contributed by atoms with Crippen molar-refractivity contribution in [2.75, 3.05) is 6.61 Å². The zero-order valence-electron chi connectivity index (χ0n) is 13.9. The number of hydrogen-bond donors (Lipinski definition) is 1. The molecular weight excluding hydrogens is 294 g/mol. The van der Waals surface area contributed by atoms with Gasteiger partial charge >= 0.3 is 5.97 Å². The summed E-state index contributed by atoms with van der Waals surface area (Å²) in [5, 5.41) is 2.75. The molecule has 1 unspecified atom stereocenters.